The number of rotatable bonds is 5. The topological polar surface area (TPSA) is 83.8 Å². The van der Waals surface area contributed by atoms with E-state index in [2.05, 4.69) is 10.3 Å². The van der Waals surface area contributed by atoms with Crippen molar-refractivity contribution in [1.82, 2.24) is 19.6 Å². The summed E-state index contributed by atoms with van der Waals surface area (Å²) in [5.74, 6) is -0.281. The number of fused-ring (bicyclic) bond motifs is 2. The van der Waals surface area contributed by atoms with E-state index in [1.165, 1.54) is 23.5 Å². The average molecular weight is 392 g/mol. The summed E-state index contributed by atoms with van der Waals surface area (Å²) in [4.78, 5) is 43.1. The molecule has 0 aromatic carbocycles. The van der Waals surface area contributed by atoms with E-state index in [0.717, 1.165) is 11.9 Å². The van der Waals surface area contributed by atoms with E-state index in [-0.39, 0.29) is 23.9 Å². The van der Waals surface area contributed by atoms with Crippen molar-refractivity contribution in [3.8, 4) is 0 Å². The molecule has 7 nitrogen and oxygen atoms in total. The molecule has 1 aliphatic rings. The van der Waals surface area contributed by atoms with Crippen LogP contribution in [0, 0.1) is 5.82 Å². The molecule has 1 atom stereocenters. The third kappa shape index (κ3) is 4.13. The van der Waals surface area contributed by atoms with Gasteiger partial charge in [0.05, 0.1) is 17.8 Å². The molecule has 9 heteroatoms. The van der Waals surface area contributed by atoms with Crippen molar-refractivity contribution < 1.29 is 14.0 Å². The van der Waals surface area contributed by atoms with Crippen LogP contribution in [0.3, 0.4) is 0 Å². The van der Waals surface area contributed by atoms with Crippen LogP contribution in [0.4, 0.5) is 4.39 Å². The summed E-state index contributed by atoms with van der Waals surface area (Å²) in [7, 11) is 0. The van der Waals surface area contributed by atoms with Gasteiger partial charge in [0, 0.05) is 26.1 Å². The number of halogens is 1. The van der Waals surface area contributed by atoms with Gasteiger partial charge in [0.25, 0.3) is 5.56 Å². The maximum atomic E-state index is 13.5. The van der Waals surface area contributed by atoms with Crippen molar-refractivity contribution in [3.63, 3.8) is 0 Å². The highest BCUT2D eigenvalue weighted by Crippen LogP contribution is 2.17. The predicted octanol–water partition coefficient (Wildman–Crippen LogP) is 0.976. The molecule has 27 heavy (non-hydrogen) atoms. The van der Waals surface area contributed by atoms with E-state index >= 15 is 0 Å². The number of hydrogen-bond donors (Lipinski definition) is 1. The number of aromatic nitrogens is 2. The van der Waals surface area contributed by atoms with Crippen molar-refractivity contribution in [2.75, 3.05) is 18.6 Å². The second-order valence-corrected chi connectivity index (χ2v) is 7.45. The van der Waals surface area contributed by atoms with E-state index in [4.69, 9.17) is 0 Å². The van der Waals surface area contributed by atoms with Crippen molar-refractivity contribution in [3.05, 3.63) is 45.8 Å². The minimum atomic E-state index is -0.620. The van der Waals surface area contributed by atoms with Crippen molar-refractivity contribution in [1.29, 1.82) is 0 Å². The van der Waals surface area contributed by atoms with Crippen LogP contribution < -0.4 is 10.9 Å². The van der Waals surface area contributed by atoms with Gasteiger partial charge in [-0.1, -0.05) is 0 Å². The van der Waals surface area contributed by atoms with Crippen LogP contribution in [0.5, 0.6) is 0 Å². The molecule has 0 saturated carbocycles. The second kappa shape index (κ2) is 8.08. The van der Waals surface area contributed by atoms with Gasteiger partial charge in [0.1, 0.15) is 17.5 Å². The Hall–Kier alpha value is -2.42. The lowest BCUT2D eigenvalue weighted by Gasteiger charge is -2.31. The zero-order valence-corrected chi connectivity index (χ0v) is 16.0. The lowest BCUT2D eigenvalue weighted by Crippen LogP contribution is -2.50. The summed E-state index contributed by atoms with van der Waals surface area (Å²) in [5.41, 5.74) is 1.04. The van der Waals surface area contributed by atoms with Gasteiger partial charge in [-0.15, -0.1) is 0 Å². The third-order valence-corrected chi connectivity index (χ3v) is 5.18. The van der Waals surface area contributed by atoms with Crippen LogP contribution in [0.25, 0.3) is 5.65 Å². The lowest BCUT2D eigenvalue weighted by molar-refractivity contribution is -0.137. The zero-order valence-electron chi connectivity index (χ0n) is 15.2. The highest BCUT2D eigenvalue weighted by Gasteiger charge is 2.29. The molecule has 144 valence electrons. The number of carbonyl (C=O) groups excluding carboxylic acids is 2. The number of thioether (sulfide) groups is 1. The maximum absolute atomic E-state index is 13.5. The van der Waals surface area contributed by atoms with Gasteiger partial charge in [-0.25, -0.2) is 9.37 Å². The fourth-order valence-corrected chi connectivity index (χ4v) is 3.69. The van der Waals surface area contributed by atoms with Crippen LogP contribution in [0.2, 0.25) is 0 Å². The SMILES string of the molecule is CSCC[C@@H](NC(C)=O)C(=O)N1CCc2nc3ccc(F)cn3c(=O)c2C1. The summed E-state index contributed by atoms with van der Waals surface area (Å²) >= 11 is 1.59. The minimum absolute atomic E-state index is 0.106. The Labute approximate surface area is 160 Å². The molecule has 0 unspecified atom stereocenters. The van der Waals surface area contributed by atoms with Crippen LogP contribution in [-0.2, 0) is 22.6 Å². The molecule has 1 N–H and O–H groups in total. The van der Waals surface area contributed by atoms with Crippen LogP contribution >= 0.6 is 11.8 Å². The first-order chi connectivity index (χ1) is 12.9. The smallest absolute Gasteiger partial charge is 0.263 e. The quantitative estimate of drug-likeness (QED) is 0.820. The van der Waals surface area contributed by atoms with E-state index in [9.17, 15) is 18.8 Å². The fraction of sp³-hybridized carbons (Fsp3) is 0.444. The van der Waals surface area contributed by atoms with Gasteiger partial charge in [0.15, 0.2) is 0 Å². The van der Waals surface area contributed by atoms with Crippen LogP contribution in [0.1, 0.15) is 24.6 Å². The standard InChI is InChI=1S/C18H21FN4O3S/c1-11(24)20-15(6-8-27-2)18(26)22-7-5-14-13(10-22)17(25)23-9-12(19)3-4-16(23)21-14/h3-4,9,15H,5-8,10H2,1-2H3,(H,20,24)/t15-/m1/s1. The van der Waals surface area contributed by atoms with E-state index < -0.39 is 11.9 Å². The molecule has 2 aromatic rings. The Bertz CT molecular complexity index is 946. The second-order valence-electron chi connectivity index (χ2n) is 6.46. The Morgan fingerprint density at radius 3 is 2.89 bits per heavy atom. The van der Waals surface area contributed by atoms with Crippen molar-refractivity contribution in [2.24, 2.45) is 0 Å². The molecule has 0 aliphatic carbocycles. The Morgan fingerprint density at radius 2 is 2.19 bits per heavy atom. The van der Waals surface area contributed by atoms with Crippen LogP contribution in [-0.4, -0.2) is 50.7 Å². The van der Waals surface area contributed by atoms with Crippen LogP contribution in [0.15, 0.2) is 23.1 Å². The highest BCUT2D eigenvalue weighted by atomic mass is 32.2. The summed E-state index contributed by atoms with van der Waals surface area (Å²) in [5, 5.41) is 2.70. The first kappa shape index (κ1) is 19.3. The Kier molecular flexibility index (Phi) is 5.79. The Morgan fingerprint density at radius 1 is 1.41 bits per heavy atom. The molecule has 0 fully saturated rings. The van der Waals surface area contributed by atoms with E-state index in [1.54, 1.807) is 16.7 Å². The molecule has 1 aliphatic heterocycles. The molecular weight excluding hydrogens is 371 g/mol. The molecule has 0 saturated heterocycles. The number of nitrogens with zero attached hydrogens (tertiary/aromatic N) is 3. The van der Waals surface area contributed by atoms with Gasteiger partial charge >= 0.3 is 0 Å². The largest absolute Gasteiger partial charge is 0.345 e. The maximum Gasteiger partial charge on any atom is 0.263 e. The number of amides is 2. The summed E-state index contributed by atoms with van der Waals surface area (Å²) in [6.07, 6.45) is 4.00. The highest BCUT2D eigenvalue weighted by molar-refractivity contribution is 7.98. The van der Waals surface area contributed by atoms with E-state index in [1.807, 2.05) is 6.26 Å². The molecule has 2 aromatic heterocycles. The van der Waals surface area contributed by atoms with Gasteiger partial charge < -0.3 is 10.2 Å². The first-order valence-corrected chi connectivity index (χ1v) is 10.0. The van der Waals surface area contributed by atoms with Gasteiger partial charge in [-0.05, 0) is 30.6 Å². The van der Waals surface area contributed by atoms with Gasteiger partial charge in [0.2, 0.25) is 11.8 Å². The number of hydrogen-bond acceptors (Lipinski definition) is 5. The Balaban J connectivity index is 1.89. The van der Waals surface area contributed by atoms with Crippen molar-refractivity contribution in [2.45, 2.75) is 32.4 Å². The summed E-state index contributed by atoms with van der Waals surface area (Å²) in [6, 6.07) is 2.10. The molecule has 0 radical (unpaired) electrons. The molecule has 3 heterocycles. The zero-order chi connectivity index (χ0) is 19.6. The molecule has 0 spiro atoms. The minimum Gasteiger partial charge on any atom is -0.345 e. The number of carbonyl (C=O) groups is 2. The normalized spacial score (nSPS) is 14.7. The molecular formula is C18H21FN4O3S. The molecule has 2 amide bonds. The third-order valence-electron chi connectivity index (χ3n) is 4.53. The van der Waals surface area contributed by atoms with E-state index in [0.29, 0.717) is 36.3 Å². The predicted molar refractivity (Wildman–Crippen MR) is 101 cm³/mol. The monoisotopic (exact) mass is 392 g/mol. The molecule has 0 bridgehead atoms. The van der Waals surface area contributed by atoms with Gasteiger partial charge in [-0.2, -0.15) is 11.8 Å². The number of pyridine rings is 1. The lowest BCUT2D eigenvalue weighted by atomic mass is 10.0. The fourth-order valence-electron chi connectivity index (χ4n) is 3.22. The van der Waals surface area contributed by atoms with Gasteiger partial charge in [-0.3, -0.25) is 18.8 Å². The average Bonchev–Trinajstić information content (AvgIpc) is 2.65. The summed E-state index contributed by atoms with van der Waals surface area (Å²) in [6.45, 7) is 1.90. The summed E-state index contributed by atoms with van der Waals surface area (Å²) < 4.78 is 14.7. The molecule has 3 rings (SSSR count). The van der Waals surface area contributed by atoms with Crippen molar-refractivity contribution >= 4 is 29.2 Å². The number of nitrogens with one attached hydrogen (secondary N) is 1. The first-order valence-electron chi connectivity index (χ1n) is 8.65.